The zero-order valence-corrected chi connectivity index (χ0v) is 13.5. The topological polar surface area (TPSA) is 64.1 Å². The summed E-state index contributed by atoms with van der Waals surface area (Å²) in [5, 5.41) is 6.40. The fourth-order valence-corrected chi connectivity index (χ4v) is 2.53. The Balaban J connectivity index is 2.21. The maximum absolute atomic E-state index is 11.7. The van der Waals surface area contributed by atoms with E-state index in [2.05, 4.69) is 24.1 Å². The van der Waals surface area contributed by atoms with E-state index < -0.39 is 0 Å². The van der Waals surface area contributed by atoms with Crippen LogP contribution < -0.4 is 5.32 Å². The van der Waals surface area contributed by atoms with E-state index >= 15 is 0 Å². The van der Waals surface area contributed by atoms with Crippen molar-refractivity contribution in [3.05, 3.63) is 42.2 Å². The van der Waals surface area contributed by atoms with Crippen LogP contribution in [-0.4, -0.2) is 29.6 Å². The van der Waals surface area contributed by atoms with Crippen LogP contribution in [-0.2, 0) is 4.74 Å². The van der Waals surface area contributed by atoms with E-state index in [9.17, 15) is 4.79 Å². The highest BCUT2D eigenvalue weighted by Crippen LogP contribution is 2.29. The Morgan fingerprint density at radius 1 is 1.22 bits per heavy atom. The maximum atomic E-state index is 11.7. The smallest absolute Gasteiger partial charge is 0.337 e. The van der Waals surface area contributed by atoms with Crippen LogP contribution in [0, 0.1) is 5.92 Å². The van der Waals surface area contributed by atoms with Crippen LogP contribution in [0.15, 0.2) is 36.7 Å². The fourth-order valence-electron chi connectivity index (χ4n) is 2.53. The van der Waals surface area contributed by atoms with Crippen molar-refractivity contribution in [2.24, 2.45) is 5.92 Å². The molecule has 0 amide bonds. The summed E-state index contributed by atoms with van der Waals surface area (Å²) in [4.78, 5) is 20.7. The van der Waals surface area contributed by atoms with Crippen molar-refractivity contribution < 1.29 is 9.53 Å². The van der Waals surface area contributed by atoms with Gasteiger partial charge in [0.1, 0.15) is 5.82 Å². The molecular weight excluding hydrogens is 290 g/mol. The third kappa shape index (κ3) is 2.95. The summed E-state index contributed by atoms with van der Waals surface area (Å²) in [7, 11) is 1.37. The molecule has 0 aliphatic carbocycles. The summed E-state index contributed by atoms with van der Waals surface area (Å²) in [6.45, 7) is 5.12. The summed E-state index contributed by atoms with van der Waals surface area (Å²) in [6, 6.07) is 7.36. The summed E-state index contributed by atoms with van der Waals surface area (Å²) in [5.41, 5.74) is 1.24. The highest BCUT2D eigenvalue weighted by molar-refractivity contribution is 6.10. The third-order valence-corrected chi connectivity index (χ3v) is 3.70. The molecule has 1 aromatic carbocycles. The van der Waals surface area contributed by atoms with Gasteiger partial charge >= 0.3 is 5.97 Å². The van der Waals surface area contributed by atoms with Gasteiger partial charge in [-0.05, 0) is 24.1 Å². The number of nitrogens with zero attached hydrogens (tertiary/aromatic N) is 2. The van der Waals surface area contributed by atoms with E-state index in [1.54, 1.807) is 18.3 Å². The first-order chi connectivity index (χ1) is 11.1. The number of carbonyl (C=O) groups is 1. The number of fused-ring (bicyclic) bond motifs is 3. The van der Waals surface area contributed by atoms with Crippen molar-refractivity contribution in [1.29, 1.82) is 0 Å². The van der Waals surface area contributed by atoms with E-state index in [0.29, 0.717) is 11.5 Å². The molecule has 0 atom stereocenters. The Morgan fingerprint density at radius 2 is 2.04 bits per heavy atom. The SMILES string of the molecule is COC(=O)c1ccc2c(c1)nc(NCC(C)C)c1ccncc12. The van der Waals surface area contributed by atoms with E-state index in [1.165, 1.54) is 7.11 Å². The number of benzene rings is 1. The highest BCUT2D eigenvalue weighted by Gasteiger charge is 2.12. The van der Waals surface area contributed by atoms with Gasteiger partial charge < -0.3 is 10.1 Å². The predicted molar refractivity (Wildman–Crippen MR) is 91.7 cm³/mol. The lowest BCUT2D eigenvalue weighted by molar-refractivity contribution is 0.0601. The van der Waals surface area contributed by atoms with Crippen LogP contribution in [0.25, 0.3) is 21.7 Å². The summed E-state index contributed by atoms with van der Waals surface area (Å²) in [6.07, 6.45) is 3.59. The molecule has 23 heavy (non-hydrogen) atoms. The van der Waals surface area contributed by atoms with E-state index in [-0.39, 0.29) is 5.97 Å². The van der Waals surface area contributed by atoms with Gasteiger partial charge in [-0.3, -0.25) is 4.98 Å². The number of nitrogens with one attached hydrogen (secondary N) is 1. The van der Waals surface area contributed by atoms with Gasteiger partial charge in [-0.25, -0.2) is 9.78 Å². The van der Waals surface area contributed by atoms with Crippen LogP contribution in [0.2, 0.25) is 0 Å². The fraction of sp³-hybridized carbons (Fsp3) is 0.278. The van der Waals surface area contributed by atoms with Gasteiger partial charge in [-0.2, -0.15) is 0 Å². The Morgan fingerprint density at radius 3 is 2.78 bits per heavy atom. The third-order valence-electron chi connectivity index (χ3n) is 3.70. The van der Waals surface area contributed by atoms with E-state index in [0.717, 1.165) is 34.0 Å². The van der Waals surface area contributed by atoms with Crippen molar-refractivity contribution in [3.8, 4) is 0 Å². The zero-order chi connectivity index (χ0) is 16.4. The number of aromatic nitrogens is 2. The molecule has 0 aliphatic rings. The lowest BCUT2D eigenvalue weighted by atomic mass is 10.1. The molecule has 0 saturated carbocycles. The Hall–Kier alpha value is -2.69. The highest BCUT2D eigenvalue weighted by atomic mass is 16.5. The van der Waals surface area contributed by atoms with Crippen LogP contribution in [0.4, 0.5) is 5.82 Å². The molecule has 0 spiro atoms. The van der Waals surface area contributed by atoms with Gasteiger partial charge in [0.15, 0.2) is 0 Å². The number of methoxy groups -OCH3 is 1. The number of rotatable bonds is 4. The van der Waals surface area contributed by atoms with Crippen molar-refractivity contribution >= 4 is 33.5 Å². The second-order valence-corrected chi connectivity index (χ2v) is 5.88. The molecule has 3 rings (SSSR count). The van der Waals surface area contributed by atoms with Gasteiger partial charge in [-0.1, -0.05) is 19.9 Å². The van der Waals surface area contributed by atoms with Gasteiger partial charge in [0.2, 0.25) is 0 Å². The lowest BCUT2D eigenvalue weighted by Crippen LogP contribution is -2.10. The number of carbonyl (C=O) groups excluding carboxylic acids is 1. The van der Waals surface area contributed by atoms with Gasteiger partial charge in [0, 0.05) is 35.1 Å². The molecule has 1 N–H and O–H groups in total. The number of hydrogen-bond acceptors (Lipinski definition) is 5. The summed E-state index contributed by atoms with van der Waals surface area (Å²) >= 11 is 0. The number of esters is 1. The predicted octanol–water partition coefficient (Wildman–Crippen LogP) is 3.64. The quantitative estimate of drug-likeness (QED) is 0.589. The van der Waals surface area contributed by atoms with Crippen LogP contribution in [0.5, 0.6) is 0 Å². The maximum Gasteiger partial charge on any atom is 0.337 e. The molecule has 2 heterocycles. The first-order valence-electron chi connectivity index (χ1n) is 7.60. The van der Waals surface area contributed by atoms with Crippen molar-refractivity contribution in [2.45, 2.75) is 13.8 Å². The summed E-state index contributed by atoms with van der Waals surface area (Å²) < 4.78 is 4.79. The molecule has 118 valence electrons. The Labute approximate surface area is 134 Å². The number of anilines is 1. The van der Waals surface area contributed by atoms with Crippen LogP contribution >= 0.6 is 0 Å². The minimum absolute atomic E-state index is 0.364. The number of ether oxygens (including phenoxy) is 1. The lowest BCUT2D eigenvalue weighted by Gasteiger charge is -2.13. The van der Waals surface area contributed by atoms with Crippen molar-refractivity contribution in [2.75, 3.05) is 19.0 Å². The minimum Gasteiger partial charge on any atom is -0.465 e. The zero-order valence-electron chi connectivity index (χ0n) is 13.5. The molecule has 0 bridgehead atoms. The molecule has 5 nitrogen and oxygen atoms in total. The Kier molecular flexibility index (Phi) is 4.10. The monoisotopic (exact) mass is 309 g/mol. The van der Waals surface area contributed by atoms with Crippen molar-refractivity contribution in [3.63, 3.8) is 0 Å². The van der Waals surface area contributed by atoms with E-state index in [1.807, 2.05) is 18.3 Å². The molecular formula is C18H19N3O2. The first kappa shape index (κ1) is 15.2. The number of hydrogen-bond donors (Lipinski definition) is 1. The molecule has 2 aromatic heterocycles. The Bertz CT molecular complexity index is 875. The molecule has 5 heteroatoms. The van der Waals surface area contributed by atoms with Crippen molar-refractivity contribution in [1.82, 2.24) is 9.97 Å². The van der Waals surface area contributed by atoms with Crippen LogP contribution in [0.1, 0.15) is 24.2 Å². The first-order valence-corrected chi connectivity index (χ1v) is 7.60. The van der Waals surface area contributed by atoms with Gasteiger partial charge in [0.25, 0.3) is 0 Å². The molecule has 0 radical (unpaired) electrons. The van der Waals surface area contributed by atoms with E-state index in [4.69, 9.17) is 9.72 Å². The van der Waals surface area contributed by atoms with Crippen LogP contribution in [0.3, 0.4) is 0 Å². The molecule has 0 fully saturated rings. The second-order valence-electron chi connectivity index (χ2n) is 5.88. The summed E-state index contributed by atoms with van der Waals surface area (Å²) in [5.74, 6) is 0.952. The molecule has 3 aromatic rings. The largest absolute Gasteiger partial charge is 0.465 e. The second kappa shape index (κ2) is 6.20. The molecule has 0 unspecified atom stereocenters. The average molecular weight is 309 g/mol. The molecule has 0 aliphatic heterocycles. The van der Waals surface area contributed by atoms with Gasteiger partial charge in [0.05, 0.1) is 18.2 Å². The van der Waals surface area contributed by atoms with Gasteiger partial charge in [-0.15, -0.1) is 0 Å². The standard InChI is InChI=1S/C18H19N3O2/c1-11(2)9-20-17-14-6-7-19-10-15(14)13-5-4-12(18(22)23-3)8-16(13)21-17/h4-8,10-11H,9H2,1-3H3,(H,20,21). The average Bonchev–Trinajstić information content (AvgIpc) is 2.58. The minimum atomic E-state index is -0.364. The molecule has 0 saturated heterocycles. The number of pyridine rings is 2. The normalized spacial score (nSPS) is 11.1.